The predicted octanol–water partition coefficient (Wildman–Crippen LogP) is 10.4. The van der Waals surface area contributed by atoms with Crippen molar-refractivity contribution < 1.29 is 19.0 Å². The van der Waals surface area contributed by atoms with Crippen LogP contribution in [0.1, 0.15) is 138 Å². The summed E-state index contributed by atoms with van der Waals surface area (Å²) < 4.78 is 17.4. The summed E-state index contributed by atoms with van der Waals surface area (Å²) in [5.74, 6) is 0.895. The topological polar surface area (TPSA) is 44.8 Å². The molecule has 0 atom stereocenters. The second kappa shape index (κ2) is 21.3. The first-order valence-corrected chi connectivity index (χ1v) is 15.8. The molecule has 2 rings (SSSR count). The minimum atomic E-state index is -0.359. The summed E-state index contributed by atoms with van der Waals surface area (Å²) in [6.07, 6.45) is 21.7. The summed E-state index contributed by atoms with van der Waals surface area (Å²) in [4.78, 5) is 12.6. The van der Waals surface area contributed by atoms with Crippen molar-refractivity contribution >= 4 is 5.97 Å². The fourth-order valence-corrected chi connectivity index (χ4v) is 4.96. The fourth-order valence-electron chi connectivity index (χ4n) is 4.96. The van der Waals surface area contributed by atoms with E-state index in [9.17, 15) is 4.79 Å². The van der Waals surface area contributed by atoms with Gasteiger partial charge in [-0.05, 0) is 37.5 Å². The second-order valence-electron chi connectivity index (χ2n) is 10.8. The third-order valence-corrected chi connectivity index (χ3v) is 7.26. The largest absolute Gasteiger partial charge is 0.493 e. The Balaban J connectivity index is 1.61. The summed E-state index contributed by atoms with van der Waals surface area (Å²) >= 11 is 0. The number of rotatable bonds is 23. The van der Waals surface area contributed by atoms with Crippen molar-refractivity contribution in [1.29, 1.82) is 0 Å². The lowest BCUT2D eigenvalue weighted by atomic mass is 10.0. The number of aryl methyl sites for hydroxylation is 1. The van der Waals surface area contributed by atoms with Gasteiger partial charge in [0.25, 0.3) is 0 Å². The molecule has 4 nitrogen and oxygen atoms in total. The van der Waals surface area contributed by atoms with Gasteiger partial charge in [-0.3, -0.25) is 0 Å². The van der Waals surface area contributed by atoms with E-state index < -0.39 is 0 Å². The van der Waals surface area contributed by atoms with E-state index in [1.54, 1.807) is 0 Å². The molecule has 0 saturated heterocycles. The second-order valence-corrected chi connectivity index (χ2v) is 10.8. The molecular weight excluding hydrogens is 484 g/mol. The summed E-state index contributed by atoms with van der Waals surface area (Å²) in [5, 5.41) is 0. The van der Waals surface area contributed by atoms with E-state index in [2.05, 4.69) is 6.92 Å². The molecule has 0 aliphatic heterocycles. The summed E-state index contributed by atoms with van der Waals surface area (Å²) in [6, 6.07) is 13.7. The van der Waals surface area contributed by atoms with Gasteiger partial charge < -0.3 is 14.2 Å². The maximum absolute atomic E-state index is 12.6. The lowest BCUT2D eigenvalue weighted by Gasteiger charge is -2.16. The normalized spacial score (nSPS) is 10.9. The average Bonchev–Trinajstić information content (AvgIpc) is 2.94. The standard InChI is InChI=1S/C35H54O4/c1-4-6-7-8-9-10-11-12-13-14-15-16-17-18-19-23-26-38-32-27-30(3)34(35(36)37-5-2)33(28-32)39-29-31-24-21-20-22-25-31/h20-22,24-25,27-28H,4-19,23,26,29H2,1-3H3. The van der Waals surface area contributed by atoms with Crippen LogP contribution in [0.3, 0.4) is 0 Å². The minimum Gasteiger partial charge on any atom is -0.493 e. The fraction of sp³-hybridized carbons (Fsp3) is 0.629. The number of hydrogen-bond acceptors (Lipinski definition) is 4. The Morgan fingerprint density at radius 1 is 0.667 bits per heavy atom. The maximum atomic E-state index is 12.6. The highest BCUT2D eigenvalue weighted by Crippen LogP contribution is 2.30. The van der Waals surface area contributed by atoms with Gasteiger partial charge >= 0.3 is 5.97 Å². The number of carbonyl (C=O) groups excluding carboxylic acids is 1. The van der Waals surface area contributed by atoms with Crippen LogP contribution >= 0.6 is 0 Å². The first kappa shape index (κ1) is 32.7. The van der Waals surface area contributed by atoms with Crippen LogP contribution in [0.5, 0.6) is 11.5 Å². The van der Waals surface area contributed by atoms with E-state index in [1.807, 2.05) is 56.3 Å². The summed E-state index contributed by atoms with van der Waals surface area (Å²) in [7, 11) is 0. The van der Waals surface area contributed by atoms with Crippen molar-refractivity contribution in [2.75, 3.05) is 13.2 Å². The highest BCUT2D eigenvalue weighted by molar-refractivity contribution is 5.94. The van der Waals surface area contributed by atoms with Crippen molar-refractivity contribution in [2.45, 2.75) is 130 Å². The molecule has 2 aromatic rings. The first-order chi connectivity index (χ1) is 19.2. The molecule has 0 unspecified atom stereocenters. The first-order valence-electron chi connectivity index (χ1n) is 15.8. The van der Waals surface area contributed by atoms with E-state index in [1.165, 1.54) is 96.3 Å². The highest BCUT2D eigenvalue weighted by Gasteiger charge is 2.19. The van der Waals surface area contributed by atoms with Crippen LogP contribution in [-0.2, 0) is 11.3 Å². The summed E-state index contributed by atoms with van der Waals surface area (Å²) in [5.41, 5.74) is 2.33. The highest BCUT2D eigenvalue weighted by atomic mass is 16.5. The Bertz CT molecular complexity index is 893. The molecule has 4 heteroatoms. The van der Waals surface area contributed by atoms with Gasteiger partial charge in [-0.2, -0.15) is 0 Å². The average molecular weight is 539 g/mol. The molecule has 0 N–H and O–H groups in total. The Morgan fingerprint density at radius 3 is 1.74 bits per heavy atom. The zero-order valence-corrected chi connectivity index (χ0v) is 25.1. The van der Waals surface area contributed by atoms with Crippen LogP contribution in [0.15, 0.2) is 42.5 Å². The number of ether oxygens (including phenoxy) is 3. The SMILES string of the molecule is CCCCCCCCCCCCCCCCCCOc1cc(C)c(C(=O)OCC)c(OCc2ccccc2)c1. The zero-order valence-electron chi connectivity index (χ0n) is 25.1. The molecule has 0 spiro atoms. The smallest absolute Gasteiger partial charge is 0.342 e. The molecule has 218 valence electrons. The third kappa shape index (κ3) is 14.5. The molecule has 0 fully saturated rings. The molecular formula is C35H54O4. The zero-order chi connectivity index (χ0) is 28.0. The molecule has 0 saturated carbocycles. The Labute approximate surface area is 238 Å². The third-order valence-electron chi connectivity index (χ3n) is 7.26. The Kier molecular flexibility index (Phi) is 17.9. The summed E-state index contributed by atoms with van der Waals surface area (Å²) in [6.45, 7) is 7.39. The van der Waals surface area contributed by atoms with Gasteiger partial charge in [0.2, 0.25) is 0 Å². The van der Waals surface area contributed by atoms with Crippen molar-refractivity contribution in [3.63, 3.8) is 0 Å². The predicted molar refractivity (Wildman–Crippen MR) is 163 cm³/mol. The number of hydrogen-bond donors (Lipinski definition) is 0. The number of unbranched alkanes of at least 4 members (excludes halogenated alkanes) is 15. The van der Waals surface area contributed by atoms with E-state index in [0.29, 0.717) is 31.1 Å². The Hall–Kier alpha value is -2.49. The van der Waals surface area contributed by atoms with Crippen LogP contribution < -0.4 is 9.47 Å². The molecule has 2 aromatic carbocycles. The number of esters is 1. The van der Waals surface area contributed by atoms with Gasteiger partial charge in [-0.25, -0.2) is 4.79 Å². The number of carbonyl (C=O) groups is 1. The maximum Gasteiger partial charge on any atom is 0.342 e. The van der Waals surface area contributed by atoms with Gasteiger partial charge in [0.15, 0.2) is 0 Å². The van der Waals surface area contributed by atoms with E-state index in [0.717, 1.165) is 23.3 Å². The van der Waals surface area contributed by atoms with Gasteiger partial charge in [0.1, 0.15) is 23.7 Å². The number of benzene rings is 2. The van der Waals surface area contributed by atoms with E-state index in [-0.39, 0.29) is 5.97 Å². The molecule has 0 aliphatic rings. The van der Waals surface area contributed by atoms with E-state index >= 15 is 0 Å². The van der Waals surface area contributed by atoms with E-state index in [4.69, 9.17) is 14.2 Å². The molecule has 0 aliphatic carbocycles. The monoisotopic (exact) mass is 538 g/mol. The molecule has 39 heavy (non-hydrogen) atoms. The van der Waals surface area contributed by atoms with Gasteiger partial charge in [0, 0.05) is 6.07 Å². The van der Waals surface area contributed by atoms with Crippen LogP contribution in [0, 0.1) is 6.92 Å². The molecule has 0 amide bonds. The lowest BCUT2D eigenvalue weighted by molar-refractivity contribution is 0.0520. The van der Waals surface area contributed by atoms with Crippen LogP contribution in [-0.4, -0.2) is 19.2 Å². The van der Waals surface area contributed by atoms with Gasteiger partial charge in [-0.1, -0.05) is 134 Å². The van der Waals surface area contributed by atoms with Crippen LogP contribution in [0.4, 0.5) is 0 Å². The van der Waals surface area contributed by atoms with Crippen molar-refractivity contribution in [3.05, 3.63) is 59.2 Å². The van der Waals surface area contributed by atoms with Gasteiger partial charge in [0.05, 0.1) is 13.2 Å². The van der Waals surface area contributed by atoms with Crippen LogP contribution in [0.25, 0.3) is 0 Å². The molecule has 0 bridgehead atoms. The Morgan fingerprint density at radius 2 is 1.21 bits per heavy atom. The van der Waals surface area contributed by atoms with Crippen molar-refractivity contribution in [3.8, 4) is 11.5 Å². The minimum absolute atomic E-state index is 0.327. The quantitative estimate of drug-likeness (QED) is 0.104. The lowest BCUT2D eigenvalue weighted by Crippen LogP contribution is -2.11. The molecule has 0 radical (unpaired) electrons. The van der Waals surface area contributed by atoms with Crippen LogP contribution in [0.2, 0.25) is 0 Å². The van der Waals surface area contributed by atoms with Crippen molar-refractivity contribution in [2.24, 2.45) is 0 Å². The molecule has 0 heterocycles. The van der Waals surface area contributed by atoms with Gasteiger partial charge in [-0.15, -0.1) is 0 Å². The molecule has 0 aromatic heterocycles. The van der Waals surface area contributed by atoms with Crippen molar-refractivity contribution in [1.82, 2.24) is 0 Å².